The van der Waals surface area contributed by atoms with Gasteiger partial charge >= 0.3 is 0 Å². The fraction of sp³-hybridized carbons (Fsp3) is 0.562. The standard InChI is InChI=1S/C16H20ClNO3/c17-12-4-1-3-11(9-12)16(20)18-7-2-5-14(18)13-10-21-8-6-15(13)19/h1,3-4,9,13-15,19H,2,5-8,10H2/t13-,14-,15-/m1/s1. The third-order valence-electron chi connectivity index (χ3n) is 4.49. The van der Waals surface area contributed by atoms with Gasteiger partial charge in [0.05, 0.1) is 12.7 Å². The van der Waals surface area contributed by atoms with Crippen molar-refractivity contribution in [2.75, 3.05) is 19.8 Å². The summed E-state index contributed by atoms with van der Waals surface area (Å²) in [5.41, 5.74) is 0.612. The molecule has 1 aromatic carbocycles. The molecule has 21 heavy (non-hydrogen) atoms. The van der Waals surface area contributed by atoms with Crippen LogP contribution < -0.4 is 0 Å². The summed E-state index contributed by atoms with van der Waals surface area (Å²) < 4.78 is 5.50. The molecule has 0 aromatic heterocycles. The number of nitrogens with zero attached hydrogens (tertiary/aromatic N) is 1. The Balaban J connectivity index is 1.78. The van der Waals surface area contributed by atoms with Crippen LogP contribution in [-0.4, -0.2) is 47.8 Å². The quantitative estimate of drug-likeness (QED) is 0.912. The first-order valence-electron chi connectivity index (χ1n) is 7.49. The summed E-state index contributed by atoms with van der Waals surface area (Å²) in [6.45, 7) is 1.87. The molecule has 0 spiro atoms. The molecule has 1 amide bonds. The molecule has 3 atom stereocenters. The predicted octanol–water partition coefficient (Wildman–Crippen LogP) is 2.34. The number of aliphatic hydroxyl groups excluding tert-OH is 1. The Labute approximate surface area is 129 Å². The van der Waals surface area contributed by atoms with Crippen molar-refractivity contribution in [2.45, 2.75) is 31.4 Å². The van der Waals surface area contributed by atoms with E-state index in [1.165, 1.54) is 0 Å². The molecule has 114 valence electrons. The van der Waals surface area contributed by atoms with Gasteiger partial charge in [-0.3, -0.25) is 4.79 Å². The molecule has 2 aliphatic heterocycles. The van der Waals surface area contributed by atoms with E-state index in [4.69, 9.17) is 16.3 Å². The lowest BCUT2D eigenvalue weighted by Gasteiger charge is -2.37. The fourth-order valence-electron chi connectivity index (χ4n) is 3.39. The van der Waals surface area contributed by atoms with Gasteiger partial charge in [0.15, 0.2) is 0 Å². The topological polar surface area (TPSA) is 49.8 Å². The number of hydrogen-bond acceptors (Lipinski definition) is 3. The van der Waals surface area contributed by atoms with Crippen molar-refractivity contribution < 1.29 is 14.6 Å². The van der Waals surface area contributed by atoms with Gasteiger partial charge in [-0.2, -0.15) is 0 Å². The van der Waals surface area contributed by atoms with Crippen molar-refractivity contribution in [1.82, 2.24) is 4.90 Å². The Kier molecular flexibility index (Phi) is 4.48. The number of rotatable bonds is 2. The van der Waals surface area contributed by atoms with E-state index >= 15 is 0 Å². The van der Waals surface area contributed by atoms with Crippen molar-refractivity contribution >= 4 is 17.5 Å². The van der Waals surface area contributed by atoms with Crippen LogP contribution in [0.25, 0.3) is 0 Å². The van der Waals surface area contributed by atoms with Crippen LogP contribution in [0.1, 0.15) is 29.6 Å². The zero-order chi connectivity index (χ0) is 14.8. The Bertz CT molecular complexity index is 522. The second kappa shape index (κ2) is 6.34. The van der Waals surface area contributed by atoms with E-state index in [9.17, 15) is 9.90 Å². The molecule has 0 bridgehead atoms. The summed E-state index contributed by atoms with van der Waals surface area (Å²) in [5, 5.41) is 10.8. The smallest absolute Gasteiger partial charge is 0.254 e. The molecule has 0 aliphatic carbocycles. The van der Waals surface area contributed by atoms with Crippen molar-refractivity contribution in [3.05, 3.63) is 34.9 Å². The van der Waals surface area contributed by atoms with E-state index in [-0.39, 0.29) is 24.0 Å². The highest BCUT2D eigenvalue weighted by Gasteiger charge is 2.39. The number of amides is 1. The zero-order valence-electron chi connectivity index (χ0n) is 11.9. The van der Waals surface area contributed by atoms with Crippen molar-refractivity contribution in [3.63, 3.8) is 0 Å². The number of ether oxygens (including phenoxy) is 1. The molecule has 0 radical (unpaired) electrons. The Hall–Kier alpha value is -1.10. The van der Waals surface area contributed by atoms with Gasteiger partial charge in [0, 0.05) is 35.7 Å². The second-order valence-electron chi connectivity index (χ2n) is 5.81. The van der Waals surface area contributed by atoms with E-state index in [2.05, 4.69) is 0 Å². The predicted molar refractivity (Wildman–Crippen MR) is 80.4 cm³/mol. The number of halogens is 1. The lowest BCUT2D eigenvalue weighted by atomic mass is 9.89. The monoisotopic (exact) mass is 309 g/mol. The minimum Gasteiger partial charge on any atom is -0.393 e. The molecule has 2 aliphatic rings. The van der Waals surface area contributed by atoms with Crippen molar-refractivity contribution in [3.8, 4) is 0 Å². The molecule has 4 nitrogen and oxygen atoms in total. The number of hydrogen-bond donors (Lipinski definition) is 1. The first kappa shape index (κ1) is 14.8. The summed E-state index contributed by atoms with van der Waals surface area (Å²) in [4.78, 5) is 14.6. The number of carbonyl (C=O) groups is 1. The van der Waals surface area contributed by atoms with Gasteiger partial charge in [-0.05, 0) is 37.5 Å². The highest BCUT2D eigenvalue weighted by atomic mass is 35.5. The molecule has 2 heterocycles. The van der Waals surface area contributed by atoms with Gasteiger partial charge < -0.3 is 14.7 Å². The van der Waals surface area contributed by atoms with Gasteiger partial charge in [0.1, 0.15) is 0 Å². The maximum atomic E-state index is 12.7. The average molecular weight is 310 g/mol. The Morgan fingerprint density at radius 3 is 3.00 bits per heavy atom. The summed E-state index contributed by atoms with van der Waals surface area (Å²) in [6.07, 6.45) is 2.18. The van der Waals surface area contributed by atoms with Crippen molar-refractivity contribution in [1.29, 1.82) is 0 Å². The molecule has 3 rings (SSSR count). The third kappa shape index (κ3) is 3.07. The maximum Gasteiger partial charge on any atom is 0.254 e. The molecule has 2 saturated heterocycles. The molecule has 2 fully saturated rings. The minimum absolute atomic E-state index is 0.00206. The molecule has 1 N–H and O–H groups in total. The van der Waals surface area contributed by atoms with E-state index in [0.29, 0.717) is 30.2 Å². The number of carbonyl (C=O) groups excluding carboxylic acids is 1. The summed E-state index contributed by atoms with van der Waals surface area (Å²) in [7, 11) is 0. The molecule has 5 heteroatoms. The zero-order valence-corrected chi connectivity index (χ0v) is 12.6. The maximum absolute atomic E-state index is 12.7. The third-order valence-corrected chi connectivity index (χ3v) is 4.72. The fourth-order valence-corrected chi connectivity index (χ4v) is 3.58. The number of benzene rings is 1. The SMILES string of the molecule is O=C(c1cccc(Cl)c1)N1CCC[C@@H]1[C@H]1COCC[C@H]1O. The van der Waals surface area contributed by atoms with E-state index < -0.39 is 0 Å². The van der Waals surface area contributed by atoms with Crippen LogP contribution in [0.5, 0.6) is 0 Å². The summed E-state index contributed by atoms with van der Waals surface area (Å²) in [6, 6.07) is 7.11. The van der Waals surface area contributed by atoms with Crippen LogP contribution in [0.15, 0.2) is 24.3 Å². The number of aliphatic hydroxyl groups is 1. The van der Waals surface area contributed by atoms with Crippen LogP contribution in [0.2, 0.25) is 5.02 Å². The van der Waals surface area contributed by atoms with E-state index in [1.807, 2.05) is 4.90 Å². The highest BCUT2D eigenvalue weighted by Crippen LogP contribution is 2.31. The minimum atomic E-state index is -0.378. The lowest BCUT2D eigenvalue weighted by Crippen LogP contribution is -2.48. The Morgan fingerprint density at radius 2 is 2.24 bits per heavy atom. The lowest BCUT2D eigenvalue weighted by molar-refractivity contribution is -0.0589. The van der Waals surface area contributed by atoms with Gasteiger partial charge in [-0.15, -0.1) is 0 Å². The first-order chi connectivity index (χ1) is 10.2. The van der Waals surface area contributed by atoms with Gasteiger partial charge in [-0.25, -0.2) is 0 Å². The Morgan fingerprint density at radius 1 is 1.38 bits per heavy atom. The van der Waals surface area contributed by atoms with Crippen molar-refractivity contribution in [2.24, 2.45) is 5.92 Å². The van der Waals surface area contributed by atoms with Crippen LogP contribution >= 0.6 is 11.6 Å². The summed E-state index contributed by atoms with van der Waals surface area (Å²) >= 11 is 5.97. The van der Waals surface area contributed by atoms with Crippen LogP contribution in [0.3, 0.4) is 0 Å². The molecular weight excluding hydrogens is 290 g/mol. The summed E-state index contributed by atoms with van der Waals surface area (Å²) in [5.74, 6) is 0.0159. The van der Waals surface area contributed by atoms with Gasteiger partial charge in [-0.1, -0.05) is 17.7 Å². The molecule has 1 aromatic rings. The highest BCUT2D eigenvalue weighted by molar-refractivity contribution is 6.30. The molecule has 0 saturated carbocycles. The van der Waals surface area contributed by atoms with Gasteiger partial charge in [0.2, 0.25) is 0 Å². The van der Waals surface area contributed by atoms with Gasteiger partial charge in [0.25, 0.3) is 5.91 Å². The van der Waals surface area contributed by atoms with E-state index in [0.717, 1.165) is 19.4 Å². The first-order valence-corrected chi connectivity index (χ1v) is 7.87. The average Bonchev–Trinajstić information content (AvgIpc) is 2.96. The van der Waals surface area contributed by atoms with E-state index in [1.54, 1.807) is 24.3 Å². The largest absolute Gasteiger partial charge is 0.393 e. The number of likely N-dealkylation sites (tertiary alicyclic amines) is 1. The van der Waals surface area contributed by atoms with Crippen LogP contribution in [-0.2, 0) is 4.74 Å². The van der Waals surface area contributed by atoms with Crippen LogP contribution in [0.4, 0.5) is 0 Å². The van der Waals surface area contributed by atoms with Crippen LogP contribution in [0, 0.1) is 5.92 Å². The normalized spacial score (nSPS) is 29.6. The molecule has 0 unspecified atom stereocenters. The second-order valence-corrected chi connectivity index (χ2v) is 6.25. The molecular formula is C16H20ClNO3.